The zero-order chi connectivity index (χ0) is 13.7. The molecule has 1 amide bonds. The molecule has 1 fully saturated rings. The lowest BCUT2D eigenvalue weighted by Gasteiger charge is -2.23. The number of para-hydroxylation sites is 1. The van der Waals surface area contributed by atoms with E-state index in [1.807, 2.05) is 31.2 Å². The van der Waals surface area contributed by atoms with Crippen molar-refractivity contribution in [3.8, 4) is 0 Å². The Kier molecular flexibility index (Phi) is 4.97. The van der Waals surface area contributed by atoms with Crippen molar-refractivity contribution in [2.75, 3.05) is 18.4 Å². The molecule has 0 aromatic heterocycles. The highest BCUT2D eigenvalue weighted by Crippen LogP contribution is 2.21. The zero-order valence-electron chi connectivity index (χ0n) is 12.0. The molecule has 1 aromatic rings. The SMILES string of the molecule is CCCCN1CCCC1C(=O)Nc1ccccc1C. The third-order valence-corrected chi connectivity index (χ3v) is 3.87. The van der Waals surface area contributed by atoms with E-state index in [0.717, 1.165) is 37.2 Å². The van der Waals surface area contributed by atoms with Gasteiger partial charge in [-0.25, -0.2) is 0 Å². The summed E-state index contributed by atoms with van der Waals surface area (Å²) in [6.07, 6.45) is 4.48. The van der Waals surface area contributed by atoms with Crippen molar-refractivity contribution in [2.45, 2.75) is 45.6 Å². The summed E-state index contributed by atoms with van der Waals surface area (Å²) < 4.78 is 0. The van der Waals surface area contributed by atoms with Crippen LogP contribution in [0.25, 0.3) is 0 Å². The van der Waals surface area contributed by atoms with E-state index in [4.69, 9.17) is 0 Å². The monoisotopic (exact) mass is 260 g/mol. The van der Waals surface area contributed by atoms with Crippen molar-refractivity contribution in [2.24, 2.45) is 0 Å². The molecule has 104 valence electrons. The van der Waals surface area contributed by atoms with Crippen molar-refractivity contribution < 1.29 is 4.79 Å². The van der Waals surface area contributed by atoms with Crippen LogP contribution >= 0.6 is 0 Å². The average Bonchev–Trinajstić information content (AvgIpc) is 2.87. The molecule has 1 saturated heterocycles. The number of likely N-dealkylation sites (tertiary alicyclic amines) is 1. The van der Waals surface area contributed by atoms with Crippen LogP contribution < -0.4 is 5.32 Å². The lowest BCUT2D eigenvalue weighted by atomic mass is 10.1. The summed E-state index contributed by atoms with van der Waals surface area (Å²) in [6.45, 7) is 6.33. The van der Waals surface area contributed by atoms with Crippen molar-refractivity contribution >= 4 is 11.6 Å². The number of unbranched alkanes of at least 4 members (excludes halogenated alkanes) is 1. The molecule has 0 bridgehead atoms. The Hall–Kier alpha value is -1.35. The van der Waals surface area contributed by atoms with Gasteiger partial charge in [-0.1, -0.05) is 31.5 Å². The van der Waals surface area contributed by atoms with Gasteiger partial charge in [0.25, 0.3) is 0 Å². The molecule has 1 N–H and O–H groups in total. The molecule has 0 saturated carbocycles. The molecule has 0 spiro atoms. The standard InChI is InChI=1S/C16H24N2O/c1-3-4-11-18-12-7-10-15(18)16(19)17-14-9-6-5-8-13(14)2/h5-6,8-9,15H,3-4,7,10-12H2,1-2H3,(H,17,19). The van der Waals surface area contributed by atoms with Crippen LogP contribution in [0, 0.1) is 6.92 Å². The second-order valence-electron chi connectivity index (χ2n) is 5.35. The molecule has 1 heterocycles. The fraction of sp³-hybridized carbons (Fsp3) is 0.562. The van der Waals surface area contributed by atoms with E-state index < -0.39 is 0 Å². The van der Waals surface area contributed by atoms with E-state index in [2.05, 4.69) is 17.1 Å². The van der Waals surface area contributed by atoms with Gasteiger partial charge in [-0.3, -0.25) is 9.69 Å². The third-order valence-electron chi connectivity index (χ3n) is 3.87. The first-order chi connectivity index (χ1) is 9.22. The van der Waals surface area contributed by atoms with Crippen LogP contribution in [0.5, 0.6) is 0 Å². The number of carbonyl (C=O) groups excluding carboxylic acids is 1. The summed E-state index contributed by atoms with van der Waals surface area (Å²) in [5.74, 6) is 0.155. The molecular formula is C16H24N2O. The number of benzene rings is 1. The molecule has 1 aliphatic rings. The number of carbonyl (C=O) groups is 1. The highest BCUT2D eigenvalue weighted by molar-refractivity contribution is 5.95. The van der Waals surface area contributed by atoms with Gasteiger partial charge in [-0.15, -0.1) is 0 Å². The number of amides is 1. The first-order valence-electron chi connectivity index (χ1n) is 7.33. The molecule has 3 heteroatoms. The lowest BCUT2D eigenvalue weighted by molar-refractivity contribution is -0.120. The number of hydrogen-bond donors (Lipinski definition) is 1. The lowest BCUT2D eigenvalue weighted by Crippen LogP contribution is -2.40. The number of hydrogen-bond acceptors (Lipinski definition) is 2. The first-order valence-corrected chi connectivity index (χ1v) is 7.33. The van der Waals surface area contributed by atoms with Gasteiger partial charge < -0.3 is 5.32 Å². The second kappa shape index (κ2) is 6.71. The maximum atomic E-state index is 12.4. The Morgan fingerprint density at radius 2 is 2.21 bits per heavy atom. The molecule has 19 heavy (non-hydrogen) atoms. The summed E-state index contributed by atoms with van der Waals surface area (Å²) in [7, 11) is 0. The molecule has 1 atom stereocenters. The molecule has 0 aliphatic carbocycles. The van der Waals surface area contributed by atoms with E-state index >= 15 is 0 Å². The Morgan fingerprint density at radius 1 is 1.42 bits per heavy atom. The van der Waals surface area contributed by atoms with Crippen LogP contribution in [0.15, 0.2) is 24.3 Å². The van der Waals surface area contributed by atoms with E-state index in [0.29, 0.717) is 0 Å². The van der Waals surface area contributed by atoms with E-state index in [9.17, 15) is 4.79 Å². The second-order valence-corrected chi connectivity index (χ2v) is 5.35. The van der Waals surface area contributed by atoms with Gasteiger partial charge in [-0.05, 0) is 50.9 Å². The maximum absolute atomic E-state index is 12.4. The number of aryl methyl sites for hydroxylation is 1. The van der Waals surface area contributed by atoms with Gasteiger partial charge in [0, 0.05) is 5.69 Å². The smallest absolute Gasteiger partial charge is 0.241 e. The summed E-state index contributed by atoms with van der Waals surface area (Å²) in [5, 5.41) is 3.08. The Morgan fingerprint density at radius 3 is 2.95 bits per heavy atom. The van der Waals surface area contributed by atoms with Gasteiger partial charge >= 0.3 is 0 Å². The van der Waals surface area contributed by atoms with E-state index in [1.54, 1.807) is 0 Å². The van der Waals surface area contributed by atoms with Crippen LogP contribution in [-0.2, 0) is 4.79 Å². The predicted octanol–water partition coefficient (Wildman–Crippen LogP) is 3.20. The molecular weight excluding hydrogens is 236 g/mol. The van der Waals surface area contributed by atoms with Gasteiger partial charge in [-0.2, -0.15) is 0 Å². The van der Waals surface area contributed by atoms with Crippen molar-refractivity contribution in [1.29, 1.82) is 0 Å². The Labute approximate surface area is 116 Å². The Balaban J connectivity index is 1.97. The van der Waals surface area contributed by atoms with E-state index in [1.165, 1.54) is 12.8 Å². The Bertz CT molecular complexity index is 431. The van der Waals surface area contributed by atoms with Crippen LogP contribution in [0.1, 0.15) is 38.2 Å². The summed E-state index contributed by atoms with van der Waals surface area (Å²) in [4.78, 5) is 14.7. The van der Waals surface area contributed by atoms with Gasteiger partial charge in [0.2, 0.25) is 5.91 Å². The minimum absolute atomic E-state index is 0.0613. The normalized spacial score (nSPS) is 19.6. The van der Waals surface area contributed by atoms with Crippen molar-refractivity contribution in [3.63, 3.8) is 0 Å². The van der Waals surface area contributed by atoms with Crippen LogP contribution in [-0.4, -0.2) is 29.9 Å². The average molecular weight is 260 g/mol. The number of anilines is 1. The topological polar surface area (TPSA) is 32.3 Å². The summed E-state index contributed by atoms with van der Waals surface area (Å²) >= 11 is 0. The third kappa shape index (κ3) is 3.57. The molecule has 2 rings (SSSR count). The maximum Gasteiger partial charge on any atom is 0.241 e. The highest BCUT2D eigenvalue weighted by Gasteiger charge is 2.30. The largest absolute Gasteiger partial charge is 0.324 e. The fourth-order valence-corrected chi connectivity index (χ4v) is 2.68. The van der Waals surface area contributed by atoms with E-state index in [-0.39, 0.29) is 11.9 Å². The molecule has 1 aliphatic heterocycles. The number of nitrogens with one attached hydrogen (secondary N) is 1. The fourth-order valence-electron chi connectivity index (χ4n) is 2.68. The van der Waals surface area contributed by atoms with Crippen molar-refractivity contribution in [1.82, 2.24) is 4.90 Å². The molecule has 3 nitrogen and oxygen atoms in total. The number of nitrogens with zero attached hydrogens (tertiary/aromatic N) is 1. The minimum atomic E-state index is 0.0613. The molecule has 1 unspecified atom stereocenters. The summed E-state index contributed by atoms with van der Waals surface area (Å²) in [6, 6.07) is 8.02. The quantitative estimate of drug-likeness (QED) is 0.881. The van der Waals surface area contributed by atoms with Crippen LogP contribution in [0.2, 0.25) is 0 Å². The van der Waals surface area contributed by atoms with Gasteiger partial charge in [0.15, 0.2) is 0 Å². The van der Waals surface area contributed by atoms with Crippen LogP contribution in [0.3, 0.4) is 0 Å². The summed E-state index contributed by atoms with van der Waals surface area (Å²) in [5.41, 5.74) is 2.06. The highest BCUT2D eigenvalue weighted by atomic mass is 16.2. The van der Waals surface area contributed by atoms with Crippen LogP contribution in [0.4, 0.5) is 5.69 Å². The van der Waals surface area contributed by atoms with Crippen molar-refractivity contribution in [3.05, 3.63) is 29.8 Å². The minimum Gasteiger partial charge on any atom is -0.324 e. The molecule has 1 aromatic carbocycles. The van der Waals surface area contributed by atoms with Gasteiger partial charge in [0.05, 0.1) is 6.04 Å². The molecule has 0 radical (unpaired) electrons. The first kappa shape index (κ1) is 14.1. The number of rotatable bonds is 5. The zero-order valence-corrected chi connectivity index (χ0v) is 12.0. The van der Waals surface area contributed by atoms with Gasteiger partial charge in [0.1, 0.15) is 0 Å². The predicted molar refractivity (Wildman–Crippen MR) is 79.3 cm³/mol.